The molecule has 2 aromatic heterocycles. The minimum atomic E-state index is -0.134. The molecule has 32 heavy (non-hydrogen) atoms. The number of nitrogens with zero attached hydrogens (tertiary/aromatic N) is 3. The van der Waals surface area contributed by atoms with E-state index >= 15 is 0 Å². The van der Waals surface area contributed by atoms with Gasteiger partial charge in [-0.15, -0.1) is 21.5 Å². The van der Waals surface area contributed by atoms with Crippen LogP contribution in [-0.2, 0) is 17.6 Å². The Morgan fingerprint density at radius 2 is 1.97 bits per heavy atom. The van der Waals surface area contributed by atoms with Gasteiger partial charge in [-0.1, -0.05) is 11.8 Å². The van der Waals surface area contributed by atoms with E-state index in [9.17, 15) is 10.1 Å². The molecule has 0 saturated carbocycles. The average Bonchev–Trinajstić information content (AvgIpc) is 3.42. The largest absolute Gasteiger partial charge is 0.497 e. The number of ether oxygens (including phenoxy) is 2. The second kappa shape index (κ2) is 10.1. The van der Waals surface area contributed by atoms with Gasteiger partial charge in [0.05, 0.1) is 19.8 Å². The molecule has 1 aliphatic carbocycles. The second-order valence-corrected chi connectivity index (χ2v) is 9.30. The highest BCUT2D eigenvalue weighted by Crippen LogP contribution is 2.37. The van der Waals surface area contributed by atoms with Crippen molar-refractivity contribution in [2.75, 3.05) is 25.3 Å². The predicted molar refractivity (Wildman–Crippen MR) is 122 cm³/mol. The number of anilines is 1. The normalized spacial score (nSPS) is 12.7. The van der Waals surface area contributed by atoms with Gasteiger partial charge in [-0.25, -0.2) is 0 Å². The fourth-order valence-corrected chi connectivity index (χ4v) is 5.46. The van der Waals surface area contributed by atoms with Crippen LogP contribution in [0.4, 0.5) is 5.00 Å². The third-order valence-electron chi connectivity index (χ3n) is 5.10. The maximum atomic E-state index is 12.4. The van der Waals surface area contributed by atoms with Gasteiger partial charge in [-0.3, -0.25) is 4.79 Å². The zero-order valence-corrected chi connectivity index (χ0v) is 19.4. The van der Waals surface area contributed by atoms with Crippen LogP contribution in [0.1, 0.15) is 35.3 Å². The number of aryl methyl sites for hydroxylation is 1. The number of methoxy groups -OCH3 is 2. The molecule has 1 aromatic carbocycles. The van der Waals surface area contributed by atoms with Crippen LogP contribution in [-0.4, -0.2) is 36.1 Å². The molecule has 3 aromatic rings. The van der Waals surface area contributed by atoms with Crippen LogP contribution >= 0.6 is 23.1 Å². The molecule has 0 bridgehead atoms. The van der Waals surface area contributed by atoms with E-state index < -0.39 is 0 Å². The van der Waals surface area contributed by atoms with Gasteiger partial charge < -0.3 is 19.2 Å². The summed E-state index contributed by atoms with van der Waals surface area (Å²) in [5.74, 6) is 1.93. The number of rotatable bonds is 8. The quantitative estimate of drug-likeness (QED) is 0.472. The van der Waals surface area contributed by atoms with Gasteiger partial charge in [0.2, 0.25) is 11.8 Å². The lowest BCUT2D eigenvalue weighted by Crippen LogP contribution is -2.12. The Kier molecular flexibility index (Phi) is 6.97. The number of carbonyl (C=O) groups is 1. The third-order valence-corrected chi connectivity index (χ3v) is 7.12. The molecule has 8 nitrogen and oxygen atoms in total. The summed E-state index contributed by atoms with van der Waals surface area (Å²) in [5, 5.41) is 21.6. The Hall–Kier alpha value is -3.03. The summed E-state index contributed by atoms with van der Waals surface area (Å²) in [7, 11) is 3.15. The maximum absolute atomic E-state index is 12.4. The first kappa shape index (κ1) is 22.2. The highest BCUT2D eigenvalue weighted by Gasteiger charge is 2.22. The van der Waals surface area contributed by atoms with Gasteiger partial charge in [0.25, 0.3) is 5.22 Å². The molecule has 0 aliphatic heterocycles. The molecule has 0 spiro atoms. The Morgan fingerprint density at radius 3 is 2.69 bits per heavy atom. The van der Waals surface area contributed by atoms with Crippen molar-refractivity contribution in [2.24, 2.45) is 0 Å². The van der Waals surface area contributed by atoms with Crippen molar-refractivity contribution in [1.29, 1.82) is 5.26 Å². The molecule has 0 unspecified atom stereocenters. The molecule has 2 heterocycles. The van der Waals surface area contributed by atoms with Crippen LogP contribution in [0, 0.1) is 11.3 Å². The highest BCUT2D eigenvalue weighted by molar-refractivity contribution is 7.99. The van der Waals surface area contributed by atoms with Gasteiger partial charge in [-0.2, -0.15) is 5.26 Å². The fraction of sp³-hybridized carbons (Fsp3) is 0.364. The predicted octanol–water partition coefficient (Wildman–Crippen LogP) is 4.69. The van der Waals surface area contributed by atoms with Gasteiger partial charge in [0, 0.05) is 28.7 Å². The first-order chi connectivity index (χ1) is 15.6. The first-order valence-corrected chi connectivity index (χ1v) is 12.0. The van der Waals surface area contributed by atoms with Crippen molar-refractivity contribution >= 4 is 34.0 Å². The number of amides is 1. The molecular weight excluding hydrogens is 448 g/mol. The van der Waals surface area contributed by atoms with E-state index in [1.165, 1.54) is 28.0 Å². The molecule has 166 valence electrons. The molecule has 0 atom stereocenters. The molecule has 1 N–H and O–H groups in total. The van der Waals surface area contributed by atoms with Crippen molar-refractivity contribution in [2.45, 2.75) is 37.3 Å². The highest BCUT2D eigenvalue weighted by atomic mass is 32.2. The summed E-state index contributed by atoms with van der Waals surface area (Å²) >= 11 is 2.84. The Balaban J connectivity index is 1.34. The molecule has 0 fully saturated rings. The molecule has 4 rings (SSSR count). The maximum Gasteiger partial charge on any atom is 0.276 e. The molecule has 1 aliphatic rings. The summed E-state index contributed by atoms with van der Waals surface area (Å²) in [4.78, 5) is 13.7. The smallest absolute Gasteiger partial charge is 0.276 e. The van der Waals surface area contributed by atoms with Crippen LogP contribution in [0.3, 0.4) is 0 Å². The third kappa shape index (κ3) is 4.89. The standard InChI is InChI=1S/C22H22N4O4S2/c1-28-14-9-13(10-15(11-14)29-2)20-25-26-22(30-20)31-8-7-19(27)24-21-17(12-23)16-5-3-4-6-18(16)32-21/h9-11H,3-8H2,1-2H3,(H,24,27). The zero-order valence-electron chi connectivity index (χ0n) is 17.8. The van der Waals surface area contributed by atoms with Gasteiger partial charge in [0.1, 0.15) is 22.6 Å². The van der Waals surface area contributed by atoms with E-state index in [0.717, 1.165) is 31.2 Å². The average molecular weight is 471 g/mol. The van der Waals surface area contributed by atoms with Crippen molar-refractivity contribution in [3.05, 3.63) is 34.2 Å². The molecule has 10 heteroatoms. The molecule has 0 radical (unpaired) electrons. The van der Waals surface area contributed by atoms with E-state index in [2.05, 4.69) is 21.6 Å². The van der Waals surface area contributed by atoms with E-state index in [1.54, 1.807) is 32.4 Å². The molecule has 1 amide bonds. The van der Waals surface area contributed by atoms with E-state index in [0.29, 0.717) is 44.5 Å². The van der Waals surface area contributed by atoms with Gasteiger partial charge in [-0.05, 0) is 43.4 Å². The Labute approximate surface area is 193 Å². The number of nitriles is 1. The zero-order chi connectivity index (χ0) is 22.5. The minimum absolute atomic E-state index is 0.134. The van der Waals surface area contributed by atoms with Crippen molar-refractivity contribution in [1.82, 2.24) is 10.2 Å². The number of hydrogen-bond donors (Lipinski definition) is 1. The minimum Gasteiger partial charge on any atom is -0.497 e. The lowest BCUT2D eigenvalue weighted by Gasteiger charge is -2.09. The van der Waals surface area contributed by atoms with Crippen LogP contribution in [0.15, 0.2) is 27.8 Å². The van der Waals surface area contributed by atoms with Crippen LogP contribution in [0.5, 0.6) is 11.5 Å². The summed E-state index contributed by atoms with van der Waals surface area (Å²) < 4.78 is 16.3. The van der Waals surface area contributed by atoms with Crippen LogP contribution < -0.4 is 14.8 Å². The van der Waals surface area contributed by atoms with Crippen LogP contribution in [0.25, 0.3) is 11.5 Å². The summed E-state index contributed by atoms with van der Waals surface area (Å²) in [6.45, 7) is 0. The number of thioether (sulfide) groups is 1. The van der Waals surface area contributed by atoms with Gasteiger partial charge in [0.15, 0.2) is 0 Å². The summed E-state index contributed by atoms with van der Waals surface area (Å²) in [5.41, 5.74) is 2.42. The Morgan fingerprint density at radius 1 is 1.22 bits per heavy atom. The van der Waals surface area contributed by atoms with Crippen molar-refractivity contribution in [3.63, 3.8) is 0 Å². The lowest BCUT2D eigenvalue weighted by molar-refractivity contribution is -0.115. The van der Waals surface area contributed by atoms with E-state index in [1.807, 2.05) is 0 Å². The van der Waals surface area contributed by atoms with Crippen molar-refractivity contribution < 1.29 is 18.7 Å². The molecular formula is C22H22N4O4S2. The first-order valence-electron chi connectivity index (χ1n) is 10.2. The number of fused-ring (bicyclic) bond motifs is 1. The number of hydrogen-bond acceptors (Lipinski definition) is 9. The molecule has 0 saturated heterocycles. The van der Waals surface area contributed by atoms with Crippen LogP contribution in [0.2, 0.25) is 0 Å². The van der Waals surface area contributed by atoms with Crippen molar-refractivity contribution in [3.8, 4) is 29.0 Å². The summed E-state index contributed by atoms with van der Waals surface area (Å²) in [6.07, 6.45) is 4.40. The lowest BCUT2D eigenvalue weighted by atomic mass is 9.96. The van der Waals surface area contributed by atoms with E-state index in [-0.39, 0.29) is 12.3 Å². The monoisotopic (exact) mass is 470 g/mol. The van der Waals surface area contributed by atoms with E-state index in [4.69, 9.17) is 13.9 Å². The summed E-state index contributed by atoms with van der Waals surface area (Å²) in [6, 6.07) is 7.59. The number of carbonyl (C=O) groups excluding carboxylic acids is 1. The SMILES string of the molecule is COc1cc(OC)cc(-c2nnc(SCCC(=O)Nc3sc4c(c3C#N)CCCC4)o2)c1. The Bertz CT molecular complexity index is 1140. The van der Waals surface area contributed by atoms with Gasteiger partial charge >= 0.3 is 0 Å². The topological polar surface area (TPSA) is 110 Å². The number of aromatic nitrogens is 2. The number of thiophene rings is 1. The second-order valence-electron chi connectivity index (χ2n) is 7.15. The number of benzene rings is 1. The number of nitrogens with one attached hydrogen (secondary N) is 1. The fourth-order valence-electron chi connectivity index (χ4n) is 3.51.